The predicted molar refractivity (Wildman–Crippen MR) is 97.6 cm³/mol. The number of aryl methyl sites for hydroxylation is 1. The standard InChI is InChI=1S/C18H24N4O.ClH/c1-21-13-6-5-7-14(21)11-12(10-13)19-18(23)17-15-8-3-4-9-16(15)22(2)20-17;/h3-4,8-9,12-14H,5-7,10-11H2,1-2H3,(H,19,23);1H/t13-,14-;/m1./s1. The lowest BCUT2D eigenvalue weighted by Gasteiger charge is -2.47. The Kier molecular flexibility index (Phi) is 4.83. The molecular formula is C18H25ClN4O. The average Bonchev–Trinajstić information content (AvgIpc) is 2.86. The molecule has 2 fully saturated rings. The van der Waals surface area contributed by atoms with Crippen molar-refractivity contribution in [3.8, 4) is 0 Å². The third-order valence-corrected chi connectivity index (χ3v) is 5.65. The predicted octanol–water partition coefficient (Wildman–Crippen LogP) is 2.74. The van der Waals surface area contributed by atoms with Crippen LogP contribution in [0.25, 0.3) is 10.9 Å². The molecule has 0 saturated carbocycles. The number of nitrogens with zero attached hydrogens (tertiary/aromatic N) is 3. The van der Waals surface area contributed by atoms with Crippen LogP contribution in [0.5, 0.6) is 0 Å². The maximum absolute atomic E-state index is 12.7. The van der Waals surface area contributed by atoms with Crippen molar-refractivity contribution in [2.24, 2.45) is 7.05 Å². The van der Waals surface area contributed by atoms with Crippen LogP contribution < -0.4 is 5.32 Å². The summed E-state index contributed by atoms with van der Waals surface area (Å²) in [7, 11) is 4.12. The van der Waals surface area contributed by atoms with Gasteiger partial charge in [-0.15, -0.1) is 12.4 Å². The van der Waals surface area contributed by atoms with E-state index in [1.165, 1.54) is 19.3 Å². The second-order valence-electron chi connectivity index (χ2n) is 7.04. The van der Waals surface area contributed by atoms with Crippen molar-refractivity contribution in [2.75, 3.05) is 7.05 Å². The Labute approximate surface area is 148 Å². The first-order valence-corrected chi connectivity index (χ1v) is 8.58. The number of hydrogen-bond donors (Lipinski definition) is 1. The summed E-state index contributed by atoms with van der Waals surface area (Å²) in [5.41, 5.74) is 1.55. The topological polar surface area (TPSA) is 50.2 Å². The number of piperidine rings is 2. The van der Waals surface area contributed by atoms with Crippen LogP contribution in [0.1, 0.15) is 42.6 Å². The van der Waals surface area contributed by atoms with Gasteiger partial charge in [0.2, 0.25) is 0 Å². The number of nitrogens with one attached hydrogen (secondary N) is 1. The van der Waals surface area contributed by atoms with Gasteiger partial charge in [0.15, 0.2) is 5.69 Å². The van der Waals surface area contributed by atoms with Crippen molar-refractivity contribution < 1.29 is 4.79 Å². The highest BCUT2D eigenvalue weighted by atomic mass is 35.5. The van der Waals surface area contributed by atoms with Gasteiger partial charge in [-0.05, 0) is 38.8 Å². The summed E-state index contributed by atoms with van der Waals surface area (Å²) in [5, 5.41) is 8.62. The lowest BCUT2D eigenvalue weighted by atomic mass is 9.82. The van der Waals surface area contributed by atoms with E-state index in [2.05, 4.69) is 22.4 Å². The van der Waals surface area contributed by atoms with Crippen LogP contribution in [0, 0.1) is 0 Å². The van der Waals surface area contributed by atoms with Gasteiger partial charge in [0.25, 0.3) is 5.91 Å². The first kappa shape index (κ1) is 17.2. The summed E-state index contributed by atoms with van der Waals surface area (Å²) in [5.74, 6) is -0.0329. The van der Waals surface area contributed by atoms with Crippen molar-refractivity contribution in [3.05, 3.63) is 30.0 Å². The van der Waals surface area contributed by atoms with Crippen LogP contribution in [0.2, 0.25) is 0 Å². The number of hydrogen-bond acceptors (Lipinski definition) is 3. The Balaban J connectivity index is 0.00000169. The Bertz CT molecular complexity index is 730. The van der Waals surface area contributed by atoms with Gasteiger partial charge >= 0.3 is 0 Å². The van der Waals surface area contributed by atoms with Crippen LogP contribution in [-0.4, -0.2) is 45.8 Å². The van der Waals surface area contributed by atoms with Gasteiger partial charge in [-0.2, -0.15) is 5.10 Å². The highest BCUT2D eigenvalue weighted by Gasteiger charge is 2.36. The number of benzene rings is 1. The van der Waals surface area contributed by atoms with E-state index >= 15 is 0 Å². The fourth-order valence-corrected chi connectivity index (χ4v) is 4.37. The summed E-state index contributed by atoms with van der Waals surface area (Å²) >= 11 is 0. The van der Waals surface area contributed by atoms with E-state index in [-0.39, 0.29) is 24.4 Å². The maximum atomic E-state index is 12.7. The van der Waals surface area contributed by atoms with Crippen molar-refractivity contribution in [1.29, 1.82) is 0 Å². The van der Waals surface area contributed by atoms with Crippen molar-refractivity contribution in [1.82, 2.24) is 20.0 Å². The SMILES string of the molecule is CN1[C@@H]2CCC[C@@H]1CC(NC(=O)c1nn(C)c3ccccc13)C2.Cl. The van der Waals surface area contributed by atoms with Crippen molar-refractivity contribution in [2.45, 2.75) is 50.2 Å². The molecule has 5 nitrogen and oxygen atoms in total. The van der Waals surface area contributed by atoms with Crippen LogP contribution in [-0.2, 0) is 7.05 Å². The zero-order valence-electron chi connectivity index (χ0n) is 14.2. The highest BCUT2D eigenvalue weighted by Crippen LogP contribution is 2.32. The van der Waals surface area contributed by atoms with Gasteiger partial charge in [0, 0.05) is 30.6 Å². The molecule has 130 valence electrons. The third-order valence-electron chi connectivity index (χ3n) is 5.65. The van der Waals surface area contributed by atoms with Gasteiger partial charge in [0.05, 0.1) is 5.52 Å². The molecule has 0 unspecified atom stereocenters. The van der Waals surface area contributed by atoms with Crippen LogP contribution in [0.3, 0.4) is 0 Å². The fourth-order valence-electron chi connectivity index (χ4n) is 4.37. The van der Waals surface area contributed by atoms with Gasteiger partial charge in [0.1, 0.15) is 0 Å². The maximum Gasteiger partial charge on any atom is 0.272 e. The van der Waals surface area contributed by atoms with Crippen molar-refractivity contribution >= 4 is 29.2 Å². The molecule has 1 aromatic heterocycles. The Morgan fingerprint density at radius 3 is 2.54 bits per heavy atom. The molecule has 1 aromatic carbocycles. The second kappa shape index (κ2) is 6.73. The Hall–Kier alpha value is -1.59. The monoisotopic (exact) mass is 348 g/mol. The molecule has 0 aliphatic carbocycles. The molecule has 2 aliphatic heterocycles. The molecule has 3 heterocycles. The van der Waals surface area contributed by atoms with Crippen LogP contribution in [0.4, 0.5) is 0 Å². The lowest BCUT2D eigenvalue weighted by molar-refractivity contribution is 0.0462. The molecule has 4 rings (SSSR count). The molecule has 2 atom stereocenters. The summed E-state index contributed by atoms with van der Waals surface area (Å²) in [6.07, 6.45) is 5.95. The first-order chi connectivity index (χ1) is 11.1. The van der Waals surface area contributed by atoms with Gasteiger partial charge in [-0.1, -0.05) is 24.6 Å². The lowest BCUT2D eigenvalue weighted by Crippen LogP contribution is -2.55. The number of carbonyl (C=O) groups excluding carboxylic acids is 1. The number of aromatic nitrogens is 2. The van der Waals surface area contributed by atoms with Gasteiger partial charge < -0.3 is 10.2 Å². The first-order valence-electron chi connectivity index (χ1n) is 8.58. The van der Waals surface area contributed by atoms with E-state index in [0.717, 1.165) is 23.7 Å². The second-order valence-corrected chi connectivity index (χ2v) is 7.04. The van der Waals surface area contributed by atoms with Crippen LogP contribution >= 0.6 is 12.4 Å². The summed E-state index contributed by atoms with van der Waals surface area (Å²) in [6, 6.07) is 9.42. The molecule has 0 radical (unpaired) electrons. The third kappa shape index (κ3) is 2.91. The minimum absolute atomic E-state index is 0. The molecule has 2 aromatic rings. The van der Waals surface area contributed by atoms with E-state index in [9.17, 15) is 4.79 Å². The largest absolute Gasteiger partial charge is 0.348 e. The molecular weight excluding hydrogens is 324 g/mol. The molecule has 1 amide bonds. The number of fused-ring (bicyclic) bond motifs is 3. The molecule has 2 saturated heterocycles. The zero-order valence-corrected chi connectivity index (χ0v) is 15.1. The Morgan fingerprint density at radius 2 is 1.83 bits per heavy atom. The quantitative estimate of drug-likeness (QED) is 0.907. The zero-order chi connectivity index (χ0) is 16.0. The normalized spacial score (nSPS) is 26.8. The minimum atomic E-state index is -0.0329. The van der Waals surface area contributed by atoms with E-state index in [0.29, 0.717) is 17.8 Å². The van der Waals surface area contributed by atoms with E-state index < -0.39 is 0 Å². The Morgan fingerprint density at radius 1 is 1.17 bits per heavy atom. The molecule has 1 N–H and O–H groups in total. The van der Waals surface area contributed by atoms with E-state index in [1.54, 1.807) is 4.68 Å². The molecule has 6 heteroatoms. The summed E-state index contributed by atoms with van der Waals surface area (Å²) < 4.78 is 1.79. The smallest absolute Gasteiger partial charge is 0.272 e. The fraction of sp³-hybridized carbons (Fsp3) is 0.556. The number of amides is 1. The van der Waals surface area contributed by atoms with Gasteiger partial charge in [-0.3, -0.25) is 9.48 Å². The highest BCUT2D eigenvalue weighted by molar-refractivity contribution is 6.04. The molecule has 2 bridgehead atoms. The molecule has 24 heavy (non-hydrogen) atoms. The molecule has 2 aliphatic rings. The summed E-state index contributed by atoms with van der Waals surface area (Å²) in [4.78, 5) is 15.3. The average molecular weight is 349 g/mol. The number of carbonyl (C=O) groups is 1. The van der Waals surface area contributed by atoms with E-state index in [4.69, 9.17) is 0 Å². The minimum Gasteiger partial charge on any atom is -0.348 e. The van der Waals surface area contributed by atoms with Crippen LogP contribution in [0.15, 0.2) is 24.3 Å². The molecule has 0 spiro atoms. The summed E-state index contributed by atoms with van der Waals surface area (Å²) in [6.45, 7) is 0. The van der Waals surface area contributed by atoms with Crippen molar-refractivity contribution in [3.63, 3.8) is 0 Å². The number of rotatable bonds is 2. The van der Waals surface area contributed by atoms with E-state index in [1.807, 2.05) is 31.3 Å². The number of halogens is 1. The number of para-hydroxylation sites is 1. The van der Waals surface area contributed by atoms with Gasteiger partial charge in [-0.25, -0.2) is 0 Å².